The molecule has 0 bridgehead atoms. The van der Waals surface area contributed by atoms with Crippen LogP contribution in [-0.2, 0) is 11.3 Å². The normalized spacial score (nSPS) is 15.9. The Kier molecular flexibility index (Phi) is 6.38. The highest BCUT2D eigenvalue weighted by Crippen LogP contribution is 2.18. The van der Waals surface area contributed by atoms with E-state index < -0.39 is 0 Å². The minimum atomic E-state index is -0.331. The van der Waals surface area contributed by atoms with Gasteiger partial charge in [0.25, 0.3) is 0 Å². The fourth-order valence-corrected chi connectivity index (χ4v) is 3.51. The molecule has 3 rings (SSSR count). The van der Waals surface area contributed by atoms with Crippen molar-refractivity contribution in [3.63, 3.8) is 0 Å². The summed E-state index contributed by atoms with van der Waals surface area (Å²) in [6.45, 7) is 4.89. The highest BCUT2D eigenvalue weighted by Gasteiger charge is 2.28. The number of nitrogens with zero attached hydrogens (tertiary/aromatic N) is 5. The molecule has 1 atom stereocenters. The Hall–Kier alpha value is -2.06. The number of carbonyl (C=O) groups is 1. The molecular weight excluding hydrogens is 413 g/mol. The molecule has 0 saturated carbocycles. The molecule has 2 aromatic rings. The van der Waals surface area contributed by atoms with Crippen LogP contribution in [0.25, 0.3) is 0 Å². The van der Waals surface area contributed by atoms with Crippen molar-refractivity contribution in [1.29, 1.82) is 0 Å². The predicted molar refractivity (Wildman–Crippen MR) is 106 cm³/mol. The lowest BCUT2D eigenvalue weighted by Crippen LogP contribution is -2.53. The summed E-state index contributed by atoms with van der Waals surface area (Å²) in [5.41, 5.74) is 0.567. The van der Waals surface area contributed by atoms with Crippen LogP contribution in [0.3, 0.4) is 0 Å². The number of hydrogen-bond donors (Lipinski definition) is 0. The van der Waals surface area contributed by atoms with Gasteiger partial charge in [0, 0.05) is 55.2 Å². The monoisotopic (exact) mass is 435 g/mol. The van der Waals surface area contributed by atoms with Gasteiger partial charge in [-0.1, -0.05) is 15.9 Å². The maximum Gasteiger partial charge on any atom is 0.239 e. The molecule has 1 aliphatic rings. The van der Waals surface area contributed by atoms with Gasteiger partial charge in [0.15, 0.2) is 0 Å². The Morgan fingerprint density at radius 1 is 1.26 bits per heavy atom. The zero-order valence-corrected chi connectivity index (χ0v) is 17.1. The number of halogens is 2. The van der Waals surface area contributed by atoms with Gasteiger partial charge in [-0.25, -0.2) is 14.4 Å². The summed E-state index contributed by atoms with van der Waals surface area (Å²) < 4.78 is 14.8. The first-order chi connectivity index (χ1) is 13.0. The Morgan fingerprint density at radius 2 is 1.93 bits per heavy atom. The van der Waals surface area contributed by atoms with Crippen molar-refractivity contribution < 1.29 is 9.18 Å². The van der Waals surface area contributed by atoms with Crippen molar-refractivity contribution in [2.45, 2.75) is 19.5 Å². The average Bonchev–Trinajstić information content (AvgIpc) is 2.70. The van der Waals surface area contributed by atoms with Crippen LogP contribution in [0.5, 0.6) is 0 Å². The number of amides is 1. The topological polar surface area (TPSA) is 52.6 Å². The van der Waals surface area contributed by atoms with Gasteiger partial charge in [0.1, 0.15) is 5.82 Å². The maximum absolute atomic E-state index is 14.0. The second-order valence-corrected chi connectivity index (χ2v) is 7.60. The third-order valence-corrected chi connectivity index (χ3v) is 5.37. The molecule has 0 aliphatic carbocycles. The Balaban J connectivity index is 1.56. The molecule has 1 saturated heterocycles. The molecule has 0 radical (unpaired) electrons. The standard InChI is InChI=1S/C19H23BrFN5O/c1-14(24(2)13-15-12-16(20)4-5-17(15)21)18(27)25-8-10-26(11-9-25)19-22-6-3-7-23-19/h3-7,12,14H,8-11,13H2,1-2H3. The molecule has 0 N–H and O–H groups in total. The lowest BCUT2D eigenvalue weighted by Gasteiger charge is -2.37. The van der Waals surface area contributed by atoms with Crippen molar-refractivity contribution in [3.05, 3.63) is 52.5 Å². The highest BCUT2D eigenvalue weighted by atomic mass is 79.9. The first-order valence-corrected chi connectivity index (χ1v) is 9.70. The van der Waals surface area contributed by atoms with Gasteiger partial charge in [-0.15, -0.1) is 0 Å². The number of likely N-dealkylation sites (N-methyl/N-ethyl adjacent to an activating group) is 1. The summed E-state index contributed by atoms with van der Waals surface area (Å²) in [5.74, 6) is 0.489. The van der Waals surface area contributed by atoms with E-state index in [1.807, 2.05) is 23.8 Å². The molecule has 6 nitrogen and oxygen atoms in total. The molecule has 27 heavy (non-hydrogen) atoms. The number of hydrogen-bond acceptors (Lipinski definition) is 5. The van der Waals surface area contributed by atoms with Gasteiger partial charge >= 0.3 is 0 Å². The van der Waals surface area contributed by atoms with Crippen LogP contribution in [0.15, 0.2) is 41.1 Å². The summed E-state index contributed by atoms with van der Waals surface area (Å²) in [6.07, 6.45) is 3.44. The van der Waals surface area contributed by atoms with Gasteiger partial charge in [0.2, 0.25) is 11.9 Å². The van der Waals surface area contributed by atoms with Crippen molar-refractivity contribution in [2.75, 3.05) is 38.1 Å². The van der Waals surface area contributed by atoms with Crippen LogP contribution in [-0.4, -0.2) is 64.9 Å². The van der Waals surface area contributed by atoms with E-state index in [9.17, 15) is 9.18 Å². The largest absolute Gasteiger partial charge is 0.338 e. The number of rotatable bonds is 5. The second-order valence-electron chi connectivity index (χ2n) is 6.69. The summed E-state index contributed by atoms with van der Waals surface area (Å²) in [5, 5.41) is 0. The molecule has 1 aliphatic heterocycles. The minimum Gasteiger partial charge on any atom is -0.338 e. The number of piperazine rings is 1. The van der Waals surface area contributed by atoms with Gasteiger partial charge in [-0.3, -0.25) is 9.69 Å². The third kappa shape index (κ3) is 4.81. The van der Waals surface area contributed by atoms with Crippen LogP contribution >= 0.6 is 15.9 Å². The second kappa shape index (κ2) is 8.75. The predicted octanol–water partition coefficient (Wildman–Crippen LogP) is 2.55. The minimum absolute atomic E-state index is 0.0570. The zero-order chi connectivity index (χ0) is 19.4. The Bertz CT molecular complexity index is 783. The van der Waals surface area contributed by atoms with Gasteiger partial charge < -0.3 is 9.80 Å². The summed E-state index contributed by atoms with van der Waals surface area (Å²) >= 11 is 3.36. The summed E-state index contributed by atoms with van der Waals surface area (Å²) in [7, 11) is 1.84. The summed E-state index contributed by atoms with van der Waals surface area (Å²) in [4.78, 5) is 27.2. The van der Waals surface area contributed by atoms with E-state index in [0.29, 0.717) is 44.2 Å². The smallest absolute Gasteiger partial charge is 0.239 e. The van der Waals surface area contributed by atoms with Crippen LogP contribution in [0, 0.1) is 5.82 Å². The number of aromatic nitrogens is 2. The van der Waals surface area contributed by atoms with E-state index in [1.54, 1.807) is 30.6 Å². The molecule has 1 fully saturated rings. The van der Waals surface area contributed by atoms with Crippen molar-refractivity contribution in [2.24, 2.45) is 0 Å². The van der Waals surface area contributed by atoms with Crippen LogP contribution in [0.1, 0.15) is 12.5 Å². The molecule has 8 heteroatoms. The van der Waals surface area contributed by atoms with E-state index in [4.69, 9.17) is 0 Å². The SMILES string of the molecule is CC(C(=O)N1CCN(c2ncccn2)CC1)N(C)Cc1cc(Br)ccc1F. The van der Waals surface area contributed by atoms with Crippen molar-refractivity contribution >= 4 is 27.8 Å². The highest BCUT2D eigenvalue weighted by molar-refractivity contribution is 9.10. The summed E-state index contributed by atoms with van der Waals surface area (Å²) in [6, 6.07) is 6.31. The molecular formula is C19H23BrFN5O. The average molecular weight is 436 g/mol. The molecule has 1 aromatic carbocycles. The zero-order valence-electron chi connectivity index (χ0n) is 15.5. The van der Waals surface area contributed by atoms with E-state index in [0.717, 1.165) is 4.47 Å². The molecule has 0 spiro atoms. The molecule has 1 amide bonds. The van der Waals surface area contributed by atoms with Crippen molar-refractivity contribution in [1.82, 2.24) is 19.8 Å². The number of carbonyl (C=O) groups excluding carboxylic acids is 1. The van der Waals surface area contributed by atoms with Crippen molar-refractivity contribution in [3.8, 4) is 0 Å². The lowest BCUT2D eigenvalue weighted by molar-refractivity contribution is -0.136. The number of anilines is 1. The molecule has 1 unspecified atom stereocenters. The molecule has 144 valence electrons. The Morgan fingerprint density at radius 3 is 2.59 bits per heavy atom. The first-order valence-electron chi connectivity index (χ1n) is 8.90. The fourth-order valence-electron chi connectivity index (χ4n) is 3.10. The van der Waals surface area contributed by atoms with E-state index in [-0.39, 0.29) is 17.8 Å². The third-order valence-electron chi connectivity index (χ3n) is 4.87. The number of benzene rings is 1. The Labute approximate surface area is 167 Å². The maximum atomic E-state index is 14.0. The van der Waals surface area contributed by atoms with Crippen LogP contribution in [0.4, 0.5) is 10.3 Å². The van der Waals surface area contributed by atoms with E-state index in [2.05, 4.69) is 30.8 Å². The first kappa shape index (κ1) is 19.7. The van der Waals surface area contributed by atoms with Gasteiger partial charge in [0.05, 0.1) is 6.04 Å². The van der Waals surface area contributed by atoms with Crippen LogP contribution in [0.2, 0.25) is 0 Å². The van der Waals surface area contributed by atoms with E-state index in [1.165, 1.54) is 6.07 Å². The fraction of sp³-hybridized carbons (Fsp3) is 0.421. The lowest BCUT2D eigenvalue weighted by atomic mass is 10.1. The van der Waals surface area contributed by atoms with Gasteiger partial charge in [-0.05, 0) is 38.2 Å². The molecule has 2 heterocycles. The van der Waals surface area contributed by atoms with Gasteiger partial charge in [-0.2, -0.15) is 0 Å². The molecule has 1 aromatic heterocycles. The van der Waals surface area contributed by atoms with E-state index >= 15 is 0 Å². The quantitative estimate of drug-likeness (QED) is 0.722. The van der Waals surface area contributed by atoms with Crippen LogP contribution < -0.4 is 4.90 Å².